The standard InChI is InChI=1S/C12H18N2/c1-10(12-3-2-7-13-9-12)14-8-6-11-4-5-11/h2-3,7,9-11,14H,4-6,8H2,1H3/t10-/m1/s1. The molecule has 1 aliphatic rings. The van der Waals surface area contributed by atoms with Crippen molar-refractivity contribution in [3.63, 3.8) is 0 Å². The predicted octanol–water partition coefficient (Wildman–Crippen LogP) is 2.53. The minimum absolute atomic E-state index is 0.433. The summed E-state index contributed by atoms with van der Waals surface area (Å²) in [6.45, 7) is 3.34. The van der Waals surface area contributed by atoms with Gasteiger partial charge in [-0.2, -0.15) is 0 Å². The van der Waals surface area contributed by atoms with Gasteiger partial charge in [-0.15, -0.1) is 0 Å². The Hall–Kier alpha value is -0.890. The van der Waals surface area contributed by atoms with Crippen LogP contribution in [0.3, 0.4) is 0 Å². The van der Waals surface area contributed by atoms with Crippen LogP contribution >= 0.6 is 0 Å². The van der Waals surface area contributed by atoms with Crippen LogP contribution in [-0.2, 0) is 0 Å². The normalized spacial score (nSPS) is 18.1. The molecule has 1 N–H and O–H groups in total. The van der Waals surface area contributed by atoms with Gasteiger partial charge in [0.05, 0.1) is 0 Å². The number of hydrogen-bond donors (Lipinski definition) is 1. The Morgan fingerprint density at radius 3 is 3.07 bits per heavy atom. The Morgan fingerprint density at radius 2 is 2.43 bits per heavy atom. The maximum absolute atomic E-state index is 4.12. The van der Waals surface area contributed by atoms with Crippen LogP contribution in [0.4, 0.5) is 0 Å². The largest absolute Gasteiger partial charge is 0.310 e. The van der Waals surface area contributed by atoms with Gasteiger partial charge in [-0.05, 0) is 37.4 Å². The molecule has 1 aromatic heterocycles. The zero-order valence-corrected chi connectivity index (χ0v) is 8.74. The van der Waals surface area contributed by atoms with E-state index in [4.69, 9.17) is 0 Å². The van der Waals surface area contributed by atoms with Crippen LogP contribution in [-0.4, -0.2) is 11.5 Å². The van der Waals surface area contributed by atoms with Gasteiger partial charge in [0.15, 0.2) is 0 Å². The van der Waals surface area contributed by atoms with Crippen molar-refractivity contribution in [1.29, 1.82) is 0 Å². The van der Waals surface area contributed by atoms with Gasteiger partial charge in [0.25, 0.3) is 0 Å². The van der Waals surface area contributed by atoms with E-state index in [2.05, 4.69) is 23.3 Å². The summed E-state index contributed by atoms with van der Waals surface area (Å²) >= 11 is 0. The molecule has 0 unspecified atom stereocenters. The van der Waals surface area contributed by atoms with Gasteiger partial charge in [0, 0.05) is 18.4 Å². The highest BCUT2D eigenvalue weighted by molar-refractivity contribution is 5.12. The van der Waals surface area contributed by atoms with Crippen molar-refractivity contribution in [2.24, 2.45) is 5.92 Å². The quantitative estimate of drug-likeness (QED) is 0.771. The van der Waals surface area contributed by atoms with E-state index in [-0.39, 0.29) is 0 Å². The van der Waals surface area contributed by atoms with Crippen LogP contribution in [0.25, 0.3) is 0 Å². The van der Waals surface area contributed by atoms with E-state index in [9.17, 15) is 0 Å². The summed E-state index contributed by atoms with van der Waals surface area (Å²) in [5.74, 6) is 1.02. The fourth-order valence-corrected chi connectivity index (χ4v) is 1.66. The molecule has 0 radical (unpaired) electrons. The lowest BCUT2D eigenvalue weighted by Gasteiger charge is -2.13. The van der Waals surface area contributed by atoms with E-state index in [1.54, 1.807) is 0 Å². The van der Waals surface area contributed by atoms with Gasteiger partial charge in [-0.3, -0.25) is 4.98 Å². The highest BCUT2D eigenvalue weighted by Crippen LogP contribution is 2.31. The smallest absolute Gasteiger partial charge is 0.0315 e. The van der Waals surface area contributed by atoms with E-state index in [1.807, 2.05) is 18.5 Å². The Morgan fingerprint density at radius 1 is 1.57 bits per heavy atom. The predicted molar refractivity (Wildman–Crippen MR) is 58.0 cm³/mol. The molecule has 1 aromatic rings. The fourth-order valence-electron chi connectivity index (χ4n) is 1.66. The lowest BCUT2D eigenvalue weighted by molar-refractivity contribution is 0.538. The second kappa shape index (κ2) is 4.56. The number of pyridine rings is 1. The summed E-state index contributed by atoms with van der Waals surface area (Å²) in [4.78, 5) is 4.12. The van der Waals surface area contributed by atoms with Crippen molar-refractivity contribution in [3.8, 4) is 0 Å². The molecule has 2 nitrogen and oxygen atoms in total. The van der Waals surface area contributed by atoms with Gasteiger partial charge >= 0.3 is 0 Å². The molecule has 0 bridgehead atoms. The monoisotopic (exact) mass is 190 g/mol. The summed E-state index contributed by atoms with van der Waals surface area (Å²) in [6.07, 6.45) is 7.99. The molecular weight excluding hydrogens is 172 g/mol. The molecule has 2 rings (SSSR count). The zero-order valence-electron chi connectivity index (χ0n) is 8.74. The minimum Gasteiger partial charge on any atom is -0.310 e. The molecule has 0 spiro atoms. The third-order valence-corrected chi connectivity index (χ3v) is 2.88. The Bertz CT molecular complexity index is 267. The molecule has 76 valence electrons. The molecule has 1 atom stereocenters. The van der Waals surface area contributed by atoms with Crippen LogP contribution in [0.2, 0.25) is 0 Å². The Balaban J connectivity index is 1.74. The first kappa shape index (κ1) is 9.66. The highest BCUT2D eigenvalue weighted by atomic mass is 14.9. The van der Waals surface area contributed by atoms with Crippen LogP contribution < -0.4 is 5.32 Å². The maximum atomic E-state index is 4.12. The average Bonchev–Trinajstić information content (AvgIpc) is 3.03. The molecule has 0 aromatic carbocycles. The number of hydrogen-bond acceptors (Lipinski definition) is 2. The lowest BCUT2D eigenvalue weighted by atomic mass is 10.1. The Labute approximate surface area is 85.7 Å². The first-order valence-corrected chi connectivity index (χ1v) is 5.49. The molecule has 0 aliphatic heterocycles. The third kappa shape index (κ3) is 2.81. The summed E-state index contributed by atoms with van der Waals surface area (Å²) in [5, 5.41) is 3.53. The van der Waals surface area contributed by atoms with Crippen LogP contribution in [0.1, 0.15) is 37.8 Å². The summed E-state index contributed by atoms with van der Waals surface area (Å²) in [6, 6.07) is 4.55. The van der Waals surface area contributed by atoms with Crippen molar-refractivity contribution >= 4 is 0 Å². The van der Waals surface area contributed by atoms with Gasteiger partial charge in [0.1, 0.15) is 0 Å². The molecule has 0 saturated heterocycles. The molecule has 1 fully saturated rings. The summed E-state index contributed by atoms with van der Waals surface area (Å²) in [7, 11) is 0. The van der Waals surface area contributed by atoms with Gasteiger partial charge in [0.2, 0.25) is 0 Å². The first-order valence-electron chi connectivity index (χ1n) is 5.49. The molecule has 0 amide bonds. The van der Waals surface area contributed by atoms with Gasteiger partial charge in [-0.1, -0.05) is 18.9 Å². The number of rotatable bonds is 5. The minimum atomic E-state index is 0.433. The maximum Gasteiger partial charge on any atom is 0.0315 e. The second-order valence-corrected chi connectivity index (χ2v) is 4.19. The topological polar surface area (TPSA) is 24.9 Å². The SMILES string of the molecule is C[C@@H](NCCC1CC1)c1cccnc1. The molecular formula is C12H18N2. The molecule has 1 aliphatic carbocycles. The van der Waals surface area contributed by atoms with E-state index < -0.39 is 0 Å². The fraction of sp³-hybridized carbons (Fsp3) is 0.583. The van der Waals surface area contributed by atoms with E-state index in [1.165, 1.54) is 24.8 Å². The van der Waals surface area contributed by atoms with E-state index in [0.29, 0.717) is 6.04 Å². The van der Waals surface area contributed by atoms with E-state index in [0.717, 1.165) is 12.5 Å². The van der Waals surface area contributed by atoms with Crippen LogP contribution in [0, 0.1) is 5.92 Å². The van der Waals surface area contributed by atoms with Crippen molar-refractivity contribution in [1.82, 2.24) is 10.3 Å². The van der Waals surface area contributed by atoms with Crippen molar-refractivity contribution in [2.45, 2.75) is 32.2 Å². The molecule has 14 heavy (non-hydrogen) atoms. The van der Waals surface area contributed by atoms with Gasteiger partial charge in [-0.25, -0.2) is 0 Å². The number of nitrogens with zero attached hydrogens (tertiary/aromatic N) is 1. The molecule has 1 saturated carbocycles. The van der Waals surface area contributed by atoms with E-state index >= 15 is 0 Å². The highest BCUT2D eigenvalue weighted by Gasteiger charge is 2.20. The first-order chi connectivity index (χ1) is 6.86. The molecule has 2 heteroatoms. The molecule has 1 heterocycles. The Kier molecular flexibility index (Phi) is 3.14. The van der Waals surface area contributed by atoms with Crippen molar-refractivity contribution in [3.05, 3.63) is 30.1 Å². The van der Waals surface area contributed by atoms with Crippen molar-refractivity contribution in [2.75, 3.05) is 6.54 Å². The van der Waals surface area contributed by atoms with Crippen molar-refractivity contribution < 1.29 is 0 Å². The second-order valence-electron chi connectivity index (χ2n) is 4.19. The summed E-state index contributed by atoms with van der Waals surface area (Å²) in [5.41, 5.74) is 1.28. The third-order valence-electron chi connectivity index (χ3n) is 2.88. The van der Waals surface area contributed by atoms with Gasteiger partial charge < -0.3 is 5.32 Å². The average molecular weight is 190 g/mol. The number of nitrogens with one attached hydrogen (secondary N) is 1. The van der Waals surface area contributed by atoms with Crippen LogP contribution in [0.15, 0.2) is 24.5 Å². The lowest BCUT2D eigenvalue weighted by Crippen LogP contribution is -2.20. The summed E-state index contributed by atoms with van der Waals surface area (Å²) < 4.78 is 0. The zero-order chi connectivity index (χ0) is 9.80. The van der Waals surface area contributed by atoms with Crippen LogP contribution in [0.5, 0.6) is 0 Å². The number of aromatic nitrogens is 1.